The van der Waals surface area contributed by atoms with Crippen molar-refractivity contribution in [2.24, 2.45) is 16.1 Å². The first-order valence-electron chi connectivity index (χ1n) is 11.9. The number of aliphatic imine (C=N–C) groups is 1. The number of furan rings is 1. The maximum absolute atomic E-state index is 12.9. The largest absolute Gasteiger partial charge is 0.461 e. The number of aromatic nitrogens is 2. The van der Waals surface area contributed by atoms with E-state index in [2.05, 4.69) is 41.4 Å². The number of fused-ring (bicyclic) bond motifs is 1. The van der Waals surface area contributed by atoms with E-state index in [9.17, 15) is 4.79 Å². The van der Waals surface area contributed by atoms with Crippen molar-refractivity contribution in [3.8, 4) is 0 Å². The Balaban J connectivity index is 1.65. The fourth-order valence-corrected chi connectivity index (χ4v) is 4.15. The van der Waals surface area contributed by atoms with Gasteiger partial charge in [-0.2, -0.15) is 0 Å². The zero-order valence-electron chi connectivity index (χ0n) is 20.4. The van der Waals surface area contributed by atoms with Crippen LogP contribution in [0.5, 0.6) is 0 Å². The van der Waals surface area contributed by atoms with Gasteiger partial charge in [0, 0.05) is 18.0 Å². The van der Waals surface area contributed by atoms with E-state index in [4.69, 9.17) is 15.1 Å². The number of benzene rings is 1. The highest BCUT2D eigenvalue weighted by Crippen LogP contribution is 2.28. The van der Waals surface area contributed by atoms with Crippen LogP contribution in [0.1, 0.15) is 68.4 Å². The maximum atomic E-state index is 12.9. The van der Waals surface area contributed by atoms with Crippen LogP contribution in [-0.4, -0.2) is 40.3 Å². The fraction of sp³-hybridized carbons (Fsp3) is 0.462. The van der Waals surface area contributed by atoms with Crippen molar-refractivity contribution in [1.29, 1.82) is 0 Å². The lowest BCUT2D eigenvalue weighted by atomic mass is 9.90. The molecule has 0 aliphatic heterocycles. The van der Waals surface area contributed by atoms with Gasteiger partial charge >= 0.3 is 0 Å². The summed E-state index contributed by atoms with van der Waals surface area (Å²) in [5, 5.41) is 7.44. The lowest BCUT2D eigenvalue weighted by Gasteiger charge is -2.30. The molecule has 1 aliphatic rings. The van der Waals surface area contributed by atoms with Gasteiger partial charge in [-0.1, -0.05) is 45.2 Å². The molecule has 2 atom stereocenters. The molecule has 4 rings (SSSR count). The van der Waals surface area contributed by atoms with Gasteiger partial charge in [0.2, 0.25) is 5.82 Å². The average Bonchev–Trinajstić information content (AvgIpc) is 3.33. The molecule has 1 aliphatic carbocycles. The van der Waals surface area contributed by atoms with Crippen LogP contribution in [-0.2, 0) is 0 Å². The third-order valence-electron chi connectivity index (χ3n) is 5.96. The van der Waals surface area contributed by atoms with Gasteiger partial charge in [-0.3, -0.25) is 9.79 Å². The monoisotopic (exact) mass is 462 g/mol. The SMILES string of the molecule is Cc1ccc2nc(C(=O)NCC(C)(C)C)nc(N[C@H]3CCCC[C@H]3N=C(N)c3ccco3)c2c1. The molecule has 8 nitrogen and oxygen atoms in total. The Bertz CT molecular complexity index is 1180. The van der Waals surface area contributed by atoms with Crippen molar-refractivity contribution < 1.29 is 9.21 Å². The van der Waals surface area contributed by atoms with E-state index in [1.54, 1.807) is 12.3 Å². The zero-order chi connectivity index (χ0) is 24.3. The number of aryl methyl sites for hydroxylation is 1. The van der Waals surface area contributed by atoms with Crippen molar-refractivity contribution in [2.45, 2.75) is 65.5 Å². The normalized spacial score (nSPS) is 19.2. The Morgan fingerprint density at radius 3 is 2.74 bits per heavy atom. The minimum absolute atomic E-state index is 0.0214. The Kier molecular flexibility index (Phi) is 6.86. The molecule has 1 saturated carbocycles. The standard InChI is InChI=1S/C26H34N6O2/c1-16-11-12-18-17(14-16)23(32-24(30-18)25(33)28-15-26(2,3)4)31-20-9-6-5-8-19(20)29-22(27)21-10-7-13-34-21/h7,10-14,19-20H,5-6,8-9,15H2,1-4H3,(H2,27,29)(H,28,33)(H,30,31,32)/t19-,20+/m1/s1. The van der Waals surface area contributed by atoms with Crippen molar-refractivity contribution in [3.05, 3.63) is 53.7 Å². The number of nitrogens with zero attached hydrogens (tertiary/aromatic N) is 3. The first-order valence-corrected chi connectivity index (χ1v) is 11.9. The molecule has 0 radical (unpaired) electrons. The summed E-state index contributed by atoms with van der Waals surface area (Å²) in [6.07, 6.45) is 5.62. The average molecular weight is 463 g/mol. The van der Waals surface area contributed by atoms with Gasteiger partial charge in [0.05, 0.1) is 17.8 Å². The van der Waals surface area contributed by atoms with Crippen LogP contribution in [0.15, 0.2) is 46.0 Å². The van der Waals surface area contributed by atoms with Crippen molar-refractivity contribution in [1.82, 2.24) is 15.3 Å². The second kappa shape index (κ2) is 9.83. The van der Waals surface area contributed by atoms with Gasteiger partial charge in [0.25, 0.3) is 5.91 Å². The number of amidine groups is 1. The molecule has 1 aromatic carbocycles. The summed E-state index contributed by atoms with van der Waals surface area (Å²) in [7, 11) is 0. The lowest BCUT2D eigenvalue weighted by Crippen LogP contribution is -2.37. The summed E-state index contributed by atoms with van der Waals surface area (Å²) in [6, 6.07) is 9.60. The Labute approximate surface area is 200 Å². The summed E-state index contributed by atoms with van der Waals surface area (Å²) in [5.41, 5.74) is 8.02. The molecule has 0 bridgehead atoms. The molecule has 2 heterocycles. The highest BCUT2D eigenvalue weighted by Gasteiger charge is 2.27. The first kappa shape index (κ1) is 23.7. The van der Waals surface area contributed by atoms with E-state index in [-0.39, 0.29) is 29.2 Å². The van der Waals surface area contributed by atoms with Crippen LogP contribution in [0.3, 0.4) is 0 Å². The number of carbonyl (C=O) groups excluding carboxylic acids is 1. The van der Waals surface area contributed by atoms with Gasteiger partial charge < -0.3 is 20.8 Å². The summed E-state index contributed by atoms with van der Waals surface area (Å²) < 4.78 is 5.41. The predicted molar refractivity (Wildman–Crippen MR) is 135 cm³/mol. The molecule has 34 heavy (non-hydrogen) atoms. The molecule has 180 valence electrons. The van der Waals surface area contributed by atoms with Crippen LogP contribution in [0.2, 0.25) is 0 Å². The van der Waals surface area contributed by atoms with Gasteiger partial charge in [-0.25, -0.2) is 9.97 Å². The van der Waals surface area contributed by atoms with E-state index in [0.717, 1.165) is 42.1 Å². The lowest BCUT2D eigenvalue weighted by molar-refractivity contribution is 0.0929. The van der Waals surface area contributed by atoms with E-state index in [1.807, 2.05) is 31.2 Å². The third kappa shape index (κ3) is 5.73. The Morgan fingerprint density at radius 1 is 1.21 bits per heavy atom. The van der Waals surface area contributed by atoms with Gasteiger partial charge in [-0.05, 0) is 49.4 Å². The fourth-order valence-electron chi connectivity index (χ4n) is 4.15. The molecule has 8 heteroatoms. The van der Waals surface area contributed by atoms with E-state index >= 15 is 0 Å². The summed E-state index contributed by atoms with van der Waals surface area (Å²) in [4.78, 5) is 26.9. The number of hydrogen-bond donors (Lipinski definition) is 3. The highest BCUT2D eigenvalue weighted by molar-refractivity contribution is 5.97. The van der Waals surface area contributed by atoms with Crippen LogP contribution in [0.25, 0.3) is 10.9 Å². The number of amides is 1. The molecule has 1 fully saturated rings. The zero-order valence-corrected chi connectivity index (χ0v) is 20.4. The van der Waals surface area contributed by atoms with E-state index < -0.39 is 0 Å². The topological polar surface area (TPSA) is 118 Å². The smallest absolute Gasteiger partial charge is 0.289 e. The van der Waals surface area contributed by atoms with E-state index in [1.165, 1.54) is 0 Å². The highest BCUT2D eigenvalue weighted by atomic mass is 16.3. The van der Waals surface area contributed by atoms with Crippen molar-refractivity contribution in [3.63, 3.8) is 0 Å². The van der Waals surface area contributed by atoms with E-state index in [0.29, 0.717) is 24.0 Å². The molecule has 3 aromatic rings. The number of anilines is 1. The maximum Gasteiger partial charge on any atom is 0.289 e. The molecule has 1 amide bonds. The van der Waals surface area contributed by atoms with Gasteiger partial charge in [0.15, 0.2) is 11.6 Å². The summed E-state index contributed by atoms with van der Waals surface area (Å²) in [6.45, 7) is 8.79. The van der Waals surface area contributed by atoms with Crippen molar-refractivity contribution >= 4 is 28.5 Å². The van der Waals surface area contributed by atoms with Crippen molar-refractivity contribution in [2.75, 3.05) is 11.9 Å². The van der Waals surface area contributed by atoms with Gasteiger partial charge in [0.1, 0.15) is 5.82 Å². The first-order chi connectivity index (χ1) is 16.2. The second-order valence-electron chi connectivity index (χ2n) is 10.3. The molecular weight excluding hydrogens is 428 g/mol. The van der Waals surface area contributed by atoms with Crippen LogP contribution in [0.4, 0.5) is 5.82 Å². The minimum Gasteiger partial charge on any atom is -0.461 e. The number of nitrogens with two attached hydrogens (primary N) is 1. The number of carbonyl (C=O) groups is 1. The molecule has 2 aromatic heterocycles. The Hall–Kier alpha value is -3.42. The second-order valence-corrected chi connectivity index (χ2v) is 10.3. The molecular formula is C26H34N6O2. The molecule has 0 spiro atoms. The Morgan fingerprint density at radius 2 is 2.00 bits per heavy atom. The quantitative estimate of drug-likeness (QED) is 0.368. The minimum atomic E-state index is -0.277. The predicted octanol–water partition coefficient (Wildman–Crippen LogP) is 4.44. The molecule has 4 N–H and O–H groups in total. The molecule has 0 unspecified atom stereocenters. The van der Waals surface area contributed by atoms with Crippen LogP contribution < -0.4 is 16.4 Å². The summed E-state index contributed by atoms with van der Waals surface area (Å²) in [5.74, 6) is 1.51. The van der Waals surface area contributed by atoms with Gasteiger partial charge in [-0.15, -0.1) is 0 Å². The summed E-state index contributed by atoms with van der Waals surface area (Å²) >= 11 is 0. The van der Waals surface area contributed by atoms with Crippen LogP contribution in [0, 0.1) is 12.3 Å². The third-order valence-corrected chi connectivity index (χ3v) is 5.96. The number of nitrogens with one attached hydrogen (secondary N) is 2. The number of rotatable bonds is 6. The molecule has 0 saturated heterocycles. The van der Waals surface area contributed by atoms with Crippen LogP contribution >= 0.6 is 0 Å². The number of hydrogen-bond acceptors (Lipinski definition) is 6.